The minimum Gasteiger partial charge on any atom is -0.496 e. The van der Waals surface area contributed by atoms with E-state index in [1.54, 1.807) is 6.92 Å². The van der Waals surface area contributed by atoms with Crippen molar-refractivity contribution in [2.75, 3.05) is 13.7 Å². The maximum atomic E-state index is 15.0. The van der Waals surface area contributed by atoms with Gasteiger partial charge in [-0.2, -0.15) is 0 Å². The van der Waals surface area contributed by atoms with Gasteiger partial charge in [-0.1, -0.05) is 13.3 Å². The molecule has 2 amide bonds. The molecule has 224 valence electrons. The number of carboxylic acids is 1. The van der Waals surface area contributed by atoms with Crippen LogP contribution in [0.2, 0.25) is 0 Å². The maximum Gasteiger partial charge on any atom is 0.309 e. The van der Waals surface area contributed by atoms with Crippen LogP contribution in [0.25, 0.3) is 0 Å². The zero-order valence-corrected chi connectivity index (χ0v) is 23.9. The summed E-state index contributed by atoms with van der Waals surface area (Å²) in [5.74, 6) is -3.31. The van der Waals surface area contributed by atoms with Crippen LogP contribution in [-0.2, 0) is 9.59 Å². The lowest BCUT2D eigenvalue weighted by Crippen LogP contribution is -2.52. The van der Waals surface area contributed by atoms with E-state index in [1.807, 2.05) is 0 Å². The Morgan fingerprint density at radius 2 is 1.83 bits per heavy atom. The van der Waals surface area contributed by atoms with Crippen LogP contribution in [0.1, 0.15) is 82.0 Å². The highest BCUT2D eigenvalue weighted by Crippen LogP contribution is 2.52. The summed E-state index contributed by atoms with van der Waals surface area (Å²) < 4.78 is 39.9. The molecule has 0 heterocycles. The smallest absolute Gasteiger partial charge is 0.309 e. The number of rotatable bonds is 9. The molecular formula is C31H40F2N2O6. The van der Waals surface area contributed by atoms with Gasteiger partial charge in [-0.15, -0.1) is 0 Å². The molecule has 0 aliphatic heterocycles. The molecule has 0 aromatic heterocycles. The summed E-state index contributed by atoms with van der Waals surface area (Å²) in [5.41, 5.74) is -0.0790. The highest BCUT2D eigenvalue weighted by molar-refractivity contribution is 5.98. The van der Waals surface area contributed by atoms with Crippen LogP contribution in [0.4, 0.5) is 8.78 Å². The van der Waals surface area contributed by atoms with Crippen molar-refractivity contribution in [1.29, 1.82) is 0 Å². The Labute approximate surface area is 239 Å². The summed E-state index contributed by atoms with van der Waals surface area (Å²) >= 11 is 0. The topological polar surface area (TPSA) is 114 Å². The number of benzene rings is 1. The number of aliphatic carboxylic acids is 1. The summed E-state index contributed by atoms with van der Waals surface area (Å²) in [4.78, 5) is 38.6. The van der Waals surface area contributed by atoms with Crippen LogP contribution < -0.4 is 20.1 Å². The zero-order chi connectivity index (χ0) is 29.5. The highest BCUT2D eigenvalue weighted by Gasteiger charge is 2.54. The van der Waals surface area contributed by atoms with Crippen LogP contribution in [0, 0.1) is 34.4 Å². The van der Waals surface area contributed by atoms with E-state index in [0.29, 0.717) is 57.0 Å². The molecule has 1 aromatic rings. The molecule has 5 rings (SSSR count). The molecule has 4 fully saturated rings. The quantitative estimate of drug-likeness (QED) is 0.376. The monoisotopic (exact) mass is 574 g/mol. The molecule has 0 radical (unpaired) electrons. The first-order valence-electron chi connectivity index (χ1n) is 14.6. The molecule has 4 saturated carbocycles. The molecule has 1 aromatic carbocycles. The second-order valence-electron chi connectivity index (χ2n) is 13.1. The Morgan fingerprint density at radius 3 is 2.41 bits per heavy atom. The fourth-order valence-electron chi connectivity index (χ4n) is 7.20. The van der Waals surface area contributed by atoms with E-state index in [-0.39, 0.29) is 46.3 Å². The fraction of sp³-hybridized carbons (Fsp3) is 0.645. The van der Waals surface area contributed by atoms with Gasteiger partial charge < -0.3 is 25.2 Å². The van der Waals surface area contributed by atoms with Crippen molar-refractivity contribution in [2.24, 2.45) is 28.6 Å². The highest BCUT2D eigenvalue weighted by atomic mass is 19.1. The van der Waals surface area contributed by atoms with Crippen molar-refractivity contribution >= 4 is 17.8 Å². The molecule has 10 heteroatoms. The van der Waals surface area contributed by atoms with Gasteiger partial charge in [0.25, 0.3) is 5.91 Å². The van der Waals surface area contributed by atoms with Crippen molar-refractivity contribution < 1.29 is 37.7 Å². The minimum absolute atomic E-state index is 0.0286. The normalized spacial score (nSPS) is 32.7. The lowest BCUT2D eigenvalue weighted by atomic mass is 9.70. The van der Waals surface area contributed by atoms with Gasteiger partial charge in [0.05, 0.1) is 36.4 Å². The van der Waals surface area contributed by atoms with E-state index >= 15 is 0 Å². The Morgan fingerprint density at radius 1 is 1.12 bits per heavy atom. The van der Waals surface area contributed by atoms with Crippen LogP contribution >= 0.6 is 0 Å². The first-order valence-corrected chi connectivity index (χ1v) is 14.6. The summed E-state index contributed by atoms with van der Waals surface area (Å²) in [6.45, 7) is 4.39. The number of hydrogen-bond acceptors (Lipinski definition) is 5. The molecule has 4 aliphatic carbocycles. The van der Waals surface area contributed by atoms with Crippen LogP contribution in [0.15, 0.2) is 24.0 Å². The van der Waals surface area contributed by atoms with Crippen molar-refractivity contribution in [1.82, 2.24) is 10.6 Å². The van der Waals surface area contributed by atoms with Gasteiger partial charge in [0.2, 0.25) is 5.91 Å². The zero-order valence-electron chi connectivity index (χ0n) is 23.9. The average molecular weight is 575 g/mol. The third-order valence-corrected chi connectivity index (χ3v) is 10.2. The number of hydrogen-bond donors (Lipinski definition) is 3. The van der Waals surface area contributed by atoms with E-state index < -0.39 is 35.1 Å². The molecule has 4 aliphatic rings. The van der Waals surface area contributed by atoms with Gasteiger partial charge in [-0.3, -0.25) is 14.4 Å². The van der Waals surface area contributed by atoms with Crippen molar-refractivity contribution in [2.45, 2.75) is 83.8 Å². The summed E-state index contributed by atoms with van der Waals surface area (Å²) in [6.07, 6.45) is 6.24. The summed E-state index contributed by atoms with van der Waals surface area (Å²) in [5, 5.41) is 15.6. The first kappa shape index (κ1) is 29.3. The SMILES string of the molecule is COc1cc(F)c(OC2CCC(C)(C(=O)O)CC2)cc1C(=O)N[C@@H]1[C@H]2C/C(=C/F)[C@H](C2)[C@@H]1C(=O)NCC1(C)CCC1. The predicted molar refractivity (Wildman–Crippen MR) is 147 cm³/mol. The van der Waals surface area contributed by atoms with Gasteiger partial charge in [-0.25, -0.2) is 8.78 Å². The first-order chi connectivity index (χ1) is 19.5. The number of fused-ring (bicyclic) bond motifs is 2. The third kappa shape index (κ3) is 5.66. The molecule has 2 bridgehead atoms. The van der Waals surface area contributed by atoms with E-state index in [9.17, 15) is 28.3 Å². The number of carbonyl (C=O) groups excluding carboxylic acids is 2. The van der Waals surface area contributed by atoms with Gasteiger partial charge in [0.15, 0.2) is 11.6 Å². The number of allylic oxidation sites excluding steroid dienone is 1. The largest absolute Gasteiger partial charge is 0.496 e. The molecule has 0 unspecified atom stereocenters. The molecule has 4 atom stereocenters. The summed E-state index contributed by atoms with van der Waals surface area (Å²) in [7, 11) is 1.34. The van der Waals surface area contributed by atoms with Gasteiger partial charge in [0, 0.05) is 18.7 Å². The molecule has 0 spiro atoms. The number of nitrogens with one attached hydrogen (secondary N) is 2. The number of methoxy groups -OCH3 is 1. The number of halogens is 2. The predicted octanol–water partition coefficient (Wildman–Crippen LogP) is 5.16. The van der Waals surface area contributed by atoms with E-state index in [4.69, 9.17) is 9.47 Å². The third-order valence-electron chi connectivity index (χ3n) is 10.2. The lowest BCUT2D eigenvalue weighted by molar-refractivity contribution is -0.150. The fourth-order valence-corrected chi connectivity index (χ4v) is 7.20. The Hall–Kier alpha value is -3.17. The number of ether oxygens (including phenoxy) is 2. The number of carbonyl (C=O) groups is 3. The van der Waals surface area contributed by atoms with Crippen LogP contribution in [0.5, 0.6) is 11.5 Å². The lowest BCUT2D eigenvalue weighted by Gasteiger charge is -2.39. The Kier molecular flexibility index (Phi) is 8.05. The van der Waals surface area contributed by atoms with E-state index in [1.165, 1.54) is 13.2 Å². The minimum atomic E-state index is -0.857. The van der Waals surface area contributed by atoms with Crippen LogP contribution in [0.3, 0.4) is 0 Å². The number of carboxylic acid groups (broad SMARTS) is 1. The number of amides is 2. The standard InChI is InChI=1S/C31H40F2N2O6/c1-30(7-4-8-30)16-34-28(37)25-20-12-17(11-18(20)15-32)26(25)35-27(36)21-13-24(22(33)14-23(21)40-3)41-19-5-9-31(2,10-6-19)29(38)39/h13-15,17,19-20,25-26H,4-12,16H2,1-3H3,(H,34,37)(H,35,36)(H,38,39)/b18-15-/t17-,19?,20-,25-,26+,31?/m0/s1. The molecular weight excluding hydrogens is 534 g/mol. The molecule has 8 nitrogen and oxygen atoms in total. The van der Waals surface area contributed by atoms with Gasteiger partial charge in [0.1, 0.15) is 5.75 Å². The molecule has 41 heavy (non-hydrogen) atoms. The van der Waals surface area contributed by atoms with E-state index in [0.717, 1.165) is 25.3 Å². The van der Waals surface area contributed by atoms with Gasteiger partial charge >= 0.3 is 5.97 Å². The summed E-state index contributed by atoms with van der Waals surface area (Å²) in [6, 6.07) is 1.90. The molecule has 0 saturated heterocycles. The Bertz CT molecular complexity index is 1240. The maximum absolute atomic E-state index is 15.0. The molecule has 3 N–H and O–H groups in total. The van der Waals surface area contributed by atoms with Crippen molar-refractivity contribution in [3.63, 3.8) is 0 Å². The second-order valence-corrected chi connectivity index (χ2v) is 13.1. The second kappa shape index (κ2) is 11.2. The Balaban J connectivity index is 1.32. The van der Waals surface area contributed by atoms with Crippen LogP contribution in [-0.4, -0.2) is 48.7 Å². The van der Waals surface area contributed by atoms with Crippen molar-refractivity contribution in [3.05, 3.63) is 35.4 Å². The van der Waals surface area contributed by atoms with Crippen molar-refractivity contribution in [3.8, 4) is 11.5 Å². The van der Waals surface area contributed by atoms with Gasteiger partial charge in [-0.05, 0) is 87.2 Å². The van der Waals surface area contributed by atoms with E-state index in [2.05, 4.69) is 17.6 Å². The average Bonchev–Trinajstić information content (AvgIpc) is 3.51.